The summed E-state index contributed by atoms with van der Waals surface area (Å²) in [5, 5.41) is 7.01. The lowest BCUT2D eigenvalue weighted by atomic mass is 9.87. The van der Waals surface area contributed by atoms with Crippen LogP contribution in [-0.4, -0.2) is 45.7 Å². The predicted molar refractivity (Wildman–Crippen MR) is 91.1 cm³/mol. The number of hydrogen-bond acceptors (Lipinski definition) is 4. The molecule has 3 heterocycles. The van der Waals surface area contributed by atoms with Gasteiger partial charge in [-0.15, -0.1) is 0 Å². The number of piperidine rings is 1. The Morgan fingerprint density at radius 2 is 2.20 bits per heavy atom. The molecule has 1 amide bonds. The van der Waals surface area contributed by atoms with E-state index in [1.807, 2.05) is 29.2 Å². The Bertz CT molecular complexity index is 802. The Kier molecular flexibility index (Phi) is 3.82. The minimum absolute atomic E-state index is 0.112. The van der Waals surface area contributed by atoms with E-state index in [1.165, 1.54) is 0 Å². The van der Waals surface area contributed by atoms with Crippen LogP contribution in [0.2, 0.25) is 0 Å². The number of H-pyrrole nitrogens is 1. The third-order valence-corrected chi connectivity index (χ3v) is 5.21. The maximum atomic E-state index is 13.2. The number of amides is 1. The van der Waals surface area contributed by atoms with Gasteiger partial charge in [0.2, 0.25) is 0 Å². The lowest BCUT2D eigenvalue weighted by molar-refractivity contribution is -0.152. The summed E-state index contributed by atoms with van der Waals surface area (Å²) < 4.78 is 5.59. The van der Waals surface area contributed by atoms with Crippen LogP contribution < -0.4 is 0 Å². The monoisotopic (exact) mass is 339 g/mol. The number of benzene rings is 1. The molecule has 0 aliphatic carbocycles. The van der Waals surface area contributed by atoms with Crippen LogP contribution in [-0.2, 0) is 16.0 Å². The first-order valence-electron chi connectivity index (χ1n) is 8.67. The van der Waals surface area contributed by atoms with E-state index in [1.54, 1.807) is 19.2 Å². The molecule has 1 fully saturated rings. The molecular formula is C19H21N3O3. The average Bonchev–Trinajstić information content (AvgIpc) is 3.16. The molecule has 0 bridgehead atoms. The fraction of sp³-hybridized carbons (Fsp3) is 0.421. The summed E-state index contributed by atoms with van der Waals surface area (Å²) in [5.41, 5.74) is 1.34. The van der Waals surface area contributed by atoms with Crippen molar-refractivity contribution in [1.29, 1.82) is 0 Å². The molecule has 2 aliphatic rings. The van der Waals surface area contributed by atoms with Gasteiger partial charge in [0.15, 0.2) is 5.60 Å². The number of fused-ring (bicyclic) bond motifs is 1. The van der Waals surface area contributed by atoms with Crippen LogP contribution in [0.25, 0.3) is 0 Å². The van der Waals surface area contributed by atoms with Crippen LogP contribution in [0.15, 0.2) is 36.5 Å². The molecule has 1 aromatic heterocycles. The lowest BCUT2D eigenvalue weighted by Gasteiger charge is -2.40. The van der Waals surface area contributed by atoms with Gasteiger partial charge in [0.25, 0.3) is 5.91 Å². The van der Waals surface area contributed by atoms with Crippen molar-refractivity contribution in [2.75, 3.05) is 13.1 Å². The molecule has 6 heteroatoms. The van der Waals surface area contributed by atoms with Crippen LogP contribution in [0.4, 0.5) is 0 Å². The zero-order valence-corrected chi connectivity index (χ0v) is 14.2. The molecule has 1 N–H and O–H groups in total. The molecule has 0 unspecified atom stereocenters. The first-order valence-corrected chi connectivity index (χ1v) is 8.67. The highest BCUT2D eigenvalue weighted by Crippen LogP contribution is 2.32. The largest absolute Gasteiger partial charge is 0.445 e. The minimum atomic E-state index is -1.14. The van der Waals surface area contributed by atoms with Crippen molar-refractivity contribution >= 4 is 11.9 Å². The van der Waals surface area contributed by atoms with E-state index in [0.717, 1.165) is 24.1 Å². The van der Waals surface area contributed by atoms with E-state index < -0.39 is 11.6 Å². The van der Waals surface area contributed by atoms with Crippen molar-refractivity contribution in [3.8, 4) is 0 Å². The number of ether oxygens (including phenoxy) is 1. The van der Waals surface area contributed by atoms with Crippen molar-refractivity contribution in [1.82, 2.24) is 15.1 Å². The molecule has 0 radical (unpaired) electrons. The van der Waals surface area contributed by atoms with Crippen LogP contribution >= 0.6 is 0 Å². The van der Waals surface area contributed by atoms with Gasteiger partial charge < -0.3 is 9.64 Å². The highest BCUT2D eigenvalue weighted by Gasteiger charge is 2.45. The smallest absolute Gasteiger partial charge is 0.339 e. The topological polar surface area (TPSA) is 75.3 Å². The second-order valence-electron chi connectivity index (χ2n) is 7.06. The lowest BCUT2D eigenvalue weighted by Crippen LogP contribution is -2.55. The molecule has 0 spiro atoms. The van der Waals surface area contributed by atoms with E-state index in [0.29, 0.717) is 25.1 Å². The molecule has 2 aliphatic heterocycles. The SMILES string of the molecule is C[C@@]1(C(=O)N2CCC[C@H](c3ccn[nH]3)C2)Cc2ccccc2C(=O)O1. The fourth-order valence-electron chi connectivity index (χ4n) is 3.90. The molecule has 130 valence electrons. The highest BCUT2D eigenvalue weighted by atomic mass is 16.6. The summed E-state index contributed by atoms with van der Waals surface area (Å²) in [5.74, 6) is -0.283. The van der Waals surface area contributed by atoms with Crippen molar-refractivity contribution in [3.63, 3.8) is 0 Å². The number of carbonyl (C=O) groups excluding carboxylic acids is 2. The maximum Gasteiger partial charge on any atom is 0.339 e. The Morgan fingerprint density at radius 1 is 1.36 bits per heavy atom. The van der Waals surface area contributed by atoms with Gasteiger partial charge >= 0.3 is 5.97 Å². The van der Waals surface area contributed by atoms with Crippen molar-refractivity contribution in [3.05, 3.63) is 53.3 Å². The van der Waals surface area contributed by atoms with Crippen molar-refractivity contribution in [2.45, 2.75) is 37.7 Å². The Hall–Kier alpha value is -2.63. The predicted octanol–water partition coefficient (Wildman–Crippen LogP) is 2.29. The number of rotatable bonds is 2. The third-order valence-electron chi connectivity index (χ3n) is 5.21. The Morgan fingerprint density at radius 3 is 3.00 bits per heavy atom. The van der Waals surface area contributed by atoms with E-state index in [4.69, 9.17) is 4.74 Å². The summed E-state index contributed by atoms with van der Waals surface area (Å²) in [4.78, 5) is 27.3. The molecule has 4 rings (SSSR count). The molecule has 0 saturated carbocycles. The number of nitrogens with one attached hydrogen (secondary N) is 1. The standard InChI is InChI=1S/C19H21N3O3/c1-19(11-13-5-2-3-7-15(13)17(23)25-19)18(24)22-10-4-6-14(12-22)16-8-9-20-21-16/h2-3,5,7-9,14H,4,6,10-12H2,1H3,(H,20,21)/t14-,19-/m0/s1. The molecular weight excluding hydrogens is 318 g/mol. The summed E-state index contributed by atoms with van der Waals surface area (Å²) >= 11 is 0. The van der Waals surface area contributed by atoms with Crippen LogP contribution in [0, 0.1) is 0 Å². The number of carbonyl (C=O) groups is 2. The second kappa shape index (κ2) is 6.02. The Labute approximate surface area is 146 Å². The van der Waals surface area contributed by atoms with E-state index in [2.05, 4.69) is 10.2 Å². The van der Waals surface area contributed by atoms with Crippen LogP contribution in [0.3, 0.4) is 0 Å². The van der Waals surface area contributed by atoms with Crippen LogP contribution in [0.5, 0.6) is 0 Å². The summed E-state index contributed by atoms with van der Waals surface area (Å²) in [7, 11) is 0. The summed E-state index contributed by atoms with van der Waals surface area (Å²) in [6, 6.07) is 9.29. The third kappa shape index (κ3) is 2.81. The van der Waals surface area contributed by atoms with E-state index >= 15 is 0 Å². The highest BCUT2D eigenvalue weighted by molar-refractivity contribution is 5.97. The number of aromatic nitrogens is 2. The Balaban J connectivity index is 1.55. The van der Waals surface area contributed by atoms with Gasteiger partial charge in [0, 0.05) is 37.3 Å². The van der Waals surface area contributed by atoms with Gasteiger partial charge in [-0.2, -0.15) is 5.10 Å². The van der Waals surface area contributed by atoms with Gasteiger partial charge in [-0.1, -0.05) is 18.2 Å². The van der Waals surface area contributed by atoms with E-state index in [-0.39, 0.29) is 11.8 Å². The quantitative estimate of drug-likeness (QED) is 0.852. The molecule has 25 heavy (non-hydrogen) atoms. The number of likely N-dealkylation sites (tertiary alicyclic amines) is 1. The summed E-state index contributed by atoms with van der Waals surface area (Å²) in [6.45, 7) is 3.04. The first kappa shape index (κ1) is 15.9. The van der Waals surface area contributed by atoms with Crippen molar-refractivity contribution in [2.24, 2.45) is 0 Å². The molecule has 6 nitrogen and oxygen atoms in total. The summed E-state index contributed by atoms with van der Waals surface area (Å²) in [6.07, 6.45) is 4.09. The second-order valence-corrected chi connectivity index (χ2v) is 7.06. The number of aromatic amines is 1. The number of hydrogen-bond donors (Lipinski definition) is 1. The molecule has 1 aromatic carbocycles. The van der Waals surface area contributed by atoms with Gasteiger partial charge in [-0.3, -0.25) is 9.89 Å². The maximum absolute atomic E-state index is 13.2. The van der Waals surface area contributed by atoms with Gasteiger partial charge in [-0.05, 0) is 37.5 Å². The minimum Gasteiger partial charge on any atom is -0.445 e. The average molecular weight is 339 g/mol. The first-order chi connectivity index (χ1) is 12.1. The van der Waals surface area contributed by atoms with Crippen LogP contribution in [0.1, 0.15) is 47.3 Å². The van der Waals surface area contributed by atoms with Gasteiger partial charge in [0.1, 0.15) is 0 Å². The van der Waals surface area contributed by atoms with Crippen molar-refractivity contribution < 1.29 is 14.3 Å². The van der Waals surface area contributed by atoms with Gasteiger partial charge in [0.05, 0.1) is 5.56 Å². The number of cyclic esters (lactones) is 1. The number of nitrogens with zero attached hydrogens (tertiary/aromatic N) is 2. The van der Waals surface area contributed by atoms with E-state index in [9.17, 15) is 9.59 Å². The molecule has 2 atom stereocenters. The zero-order chi connectivity index (χ0) is 17.4. The molecule has 1 saturated heterocycles. The molecule has 2 aromatic rings. The van der Waals surface area contributed by atoms with Gasteiger partial charge in [-0.25, -0.2) is 4.79 Å². The fourth-order valence-corrected chi connectivity index (χ4v) is 3.90. The normalized spacial score (nSPS) is 26.0. The zero-order valence-electron chi connectivity index (χ0n) is 14.2. The number of esters is 1.